The number of hydrogen-bond donors (Lipinski definition) is 0. The molecule has 0 unspecified atom stereocenters. The second-order valence-electron chi connectivity index (χ2n) is 3.44. The molecule has 0 aliphatic heterocycles. The van der Waals surface area contributed by atoms with Crippen LogP contribution in [0.5, 0.6) is 0 Å². The molecule has 2 aromatic rings. The Labute approximate surface area is 102 Å². The number of benzene rings is 1. The summed E-state index contributed by atoms with van der Waals surface area (Å²) in [5.74, 6) is 0. The molecule has 0 amide bonds. The molecule has 2 rings (SSSR count). The summed E-state index contributed by atoms with van der Waals surface area (Å²) in [4.78, 5) is 4.01. The molecule has 0 radical (unpaired) electrons. The van der Waals surface area contributed by atoms with Crippen LogP contribution >= 0.6 is 12.4 Å². The van der Waals surface area contributed by atoms with Gasteiger partial charge in [-0.25, -0.2) is 0 Å². The molecule has 0 N–H and O–H groups in total. The van der Waals surface area contributed by atoms with Crippen LogP contribution in [0.15, 0.2) is 55.4 Å². The maximum Gasteiger partial charge on any atom is 0.0270 e. The van der Waals surface area contributed by atoms with Crippen molar-refractivity contribution in [3.05, 3.63) is 72.1 Å². The van der Waals surface area contributed by atoms with E-state index in [1.165, 1.54) is 16.7 Å². The summed E-state index contributed by atoms with van der Waals surface area (Å²) in [5.41, 5.74) is 3.78. The Morgan fingerprint density at radius 2 is 1.75 bits per heavy atom. The Morgan fingerprint density at radius 1 is 1.06 bits per heavy atom. The van der Waals surface area contributed by atoms with E-state index in [-0.39, 0.29) is 12.4 Å². The molecule has 1 heterocycles. The van der Waals surface area contributed by atoms with Crippen molar-refractivity contribution in [2.75, 3.05) is 0 Å². The van der Waals surface area contributed by atoms with Gasteiger partial charge in [0.1, 0.15) is 0 Å². The smallest absolute Gasteiger partial charge is 0.0270 e. The van der Waals surface area contributed by atoms with Crippen molar-refractivity contribution in [3.8, 4) is 0 Å². The molecule has 0 saturated heterocycles. The van der Waals surface area contributed by atoms with Crippen LogP contribution < -0.4 is 0 Å². The maximum atomic E-state index is 4.01. The highest BCUT2D eigenvalue weighted by molar-refractivity contribution is 5.85. The number of halogens is 1. The monoisotopic (exact) mass is 231 g/mol. The highest BCUT2D eigenvalue weighted by Crippen LogP contribution is 2.14. The zero-order valence-electron chi connectivity index (χ0n) is 8.97. The minimum Gasteiger partial charge on any atom is -0.265 e. The molecule has 0 saturated carbocycles. The van der Waals surface area contributed by atoms with Gasteiger partial charge in [0.25, 0.3) is 0 Å². The molecule has 1 aromatic heterocycles. The zero-order chi connectivity index (χ0) is 10.5. The fraction of sp³-hybridized carbons (Fsp3) is 0.0714. The van der Waals surface area contributed by atoms with Gasteiger partial charge in [0.05, 0.1) is 0 Å². The maximum absolute atomic E-state index is 4.01. The van der Waals surface area contributed by atoms with Gasteiger partial charge in [0.15, 0.2) is 0 Å². The van der Waals surface area contributed by atoms with Crippen LogP contribution in [-0.2, 0) is 6.42 Å². The molecule has 0 atom stereocenters. The first-order valence-corrected chi connectivity index (χ1v) is 4.99. The quantitative estimate of drug-likeness (QED) is 0.784. The third-order valence-electron chi connectivity index (χ3n) is 2.42. The van der Waals surface area contributed by atoms with Gasteiger partial charge in [-0.2, -0.15) is 0 Å². The second kappa shape index (κ2) is 6.09. The van der Waals surface area contributed by atoms with E-state index in [1.807, 2.05) is 36.7 Å². The summed E-state index contributed by atoms with van der Waals surface area (Å²) in [7, 11) is 0. The minimum atomic E-state index is 0. The molecular weight excluding hydrogens is 218 g/mol. The molecule has 0 bridgehead atoms. The van der Waals surface area contributed by atoms with E-state index in [4.69, 9.17) is 0 Å². The van der Waals surface area contributed by atoms with Gasteiger partial charge in [-0.1, -0.05) is 36.9 Å². The van der Waals surface area contributed by atoms with Crippen LogP contribution in [0.25, 0.3) is 6.08 Å². The summed E-state index contributed by atoms with van der Waals surface area (Å²) in [6.45, 7) is 3.82. The Bertz CT molecular complexity index is 451. The fourth-order valence-corrected chi connectivity index (χ4v) is 1.61. The molecule has 0 aliphatic carbocycles. The lowest BCUT2D eigenvalue weighted by atomic mass is 10.0. The van der Waals surface area contributed by atoms with E-state index in [1.54, 1.807) is 0 Å². The predicted octanol–water partition coefficient (Wildman–Crippen LogP) is 3.74. The van der Waals surface area contributed by atoms with E-state index in [9.17, 15) is 0 Å². The molecule has 82 valence electrons. The van der Waals surface area contributed by atoms with Crippen LogP contribution in [-0.4, -0.2) is 4.98 Å². The van der Waals surface area contributed by atoms with Crippen molar-refractivity contribution in [1.29, 1.82) is 0 Å². The lowest BCUT2D eigenvalue weighted by molar-refractivity contribution is 1.16. The van der Waals surface area contributed by atoms with Gasteiger partial charge >= 0.3 is 0 Å². The first-order valence-electron chi connectivity index (χ1n) is 4.99. The fourth-order valence-electron chi connectivity index (χ4n) is 1.61. The van der Waals surface area contributed by atoms with Crippen molar-refractivity contribution in [1.82, 2.24) is 4.98 Å². The third-order valence-corrected chi connectivity index (χ3v) is 2.42. The van der Waals surface area contributed by atoms with Crippen LogP contribution in [0, 0.1) is 0 Å². The van der Waals surface area contributed by atoms with Crippen LogP contribution in [0.3, 0.4) is 0 Å². The summed E-state index contributed by atoms with van der Waals surface area (Å²) >= 11 is 0. The van der Waals surface area contributed by atoms with Crippen LogP contribution in [0.1, 0.15) is 16.7 Å². The van der Waals surface area contributed by atoms with Crippen LogP contribution in [0.4, 0.5) is 0 Å². The number of hydrogen-bond acceptors (Lipinski definition) is 1. The standard InChI is InChI=1S/C14H13N.ClH/c1-2-13-5-3-4-6-14(13)11-12-7-9-15-10-8-12;/h2-10H,1,11H2;1H. The molecular formula is C14H14ClN. The van der Waals surface area contributed by atoms with Crippen molar-refractivity contribution < 1.29 is 0 Å². The normalized spacial score (nSPS) is 9.25. The molecule has 2 heteroatoms. The van der Waals surface area contributed by atoms with Gasteiger partial charge in [0.2, 0.25) is 0 Å². The van der Waals surface area contributed by atoms with Gasteiger partial charge in [-0.05, 0) is 35.2 Å². The molecule has 0 fully saturated rings. The number of rotatable bonds is 3. The van der Waals surface area contributed by atoms with Crippen molar-refractivity contribution in [2.45, 2.75) is 6.42 Å². The number of nitrogens with zero attached hydrogens (tertiary/aromatic N) is 1. The Hall–Kier alpha value is -1.60. The SMILES string of the molecule is C=Cc1ccccc1Cc1ccncc1.Cl. The first-order chi connectivity index (χ1) is 7.40. The average Bonchev–Trinajstić information content (AvgIpc) is 2.31. The lowest BCUT2D eigenvalue weighted by Gasteiger charge is -2.05. The highest BCUT2D eigenvalue weighted by atomic mass is 35.5. The summed E-state index contributed by atoms with van der Waals surface area (Å²) in [6, 6.07) is 12.4. The first kappa shape index (κ1) is 12.5. The zero-order valence-corrected chi connectivity index (χ0v) is 9.78. The summed E-state index contributed by atoms with van der Waals surface area (Å²) < 4.78 is 0. The summed E-state index contributed by atoms with van der Waals surface area (Å²) in [6.07, 6.45) is 6.49. The Balaban J connectivity index is 0.00000128. The van der Waals surface area contributed by atoms with E-state index < -0.39 is 0 Å². The molecule has 16 heavy (non-hydrogen) atoms. The summed E-state index contributed by atoms with van der Waals surface area (Å²) in [5, 5.41) is 0. The Kier molecular flexibility index (Phi) is 4.74. The van der Waals surface area contributed by atoms with Crippen LogP contribution in [0.2, 0.25) is 0 Å². The van der Waals surface area contributed by atoms with Gasteiger partial charge < -0.3 is 0 Å². The third kappa shape index (κ3) is 2.94. The molecule has 1 nitrogen and oxygen atoms in total. The highest BCUT2D eigenvalue weighted by Gasteiger charge is 1.99. The van der Waals surface area contributed by atoms with Crippen molar-refractivity contribution >= 4 is 18.5 Å². The van der Waals surface area contributed by atoms with Gasteiger partial charge in [-0.3, -0.25) is 4.98 Å². The topological polar surface area (TPSA) is 12.9 Å². The molecule has 0 aliphatic rings. The minimum absolute atomic E-state index is 0. The number of pyridine rings is 1. The number of aromatic nitrogens is 1. The van der Waals surface area contributed by atoms with E-state index in [2.05, 4.69) is 29.8 Å². The second-order valence-corrected chi connectivity index (χ2v) is 3.44. The van der Waals surface area contributed by atoms with Gasteiger partial charge in [-0.15, -0.1) is 12.4 Å². The van der Waals surface area contributed by atoms with E-state index in [0.717, 1.165) is 6.42 Å². The molecule has 1 aromatic carbocycles. The average molecular weight is 232 g/mol. The van der Waals surface area contributed by atoms with Gasteiger partial charge in [0, 0.05) is 12.4 Å². The largest absolute Gasteiger partial charge is 0.265 e. The Morgan fingerprint density at radius 3 is 2.44 bits per heavy atom. The van der Waals surface area contributed by atoms with E-state index in [0.29, 0.717) is 0 Å². The van der Waals surface area contributed by atoms with Crippen molar-refractivity contribution in [3.63, 3.8) is 0 Å². The van der Waals surface area contributed by atoms with E-state index >= 15 is 0 Å². The lowest BCUT2D eigenvalue weighted by Crippen LogP contribution is -1.91. The van der Waals surface area contributed by atoms with Crippen molar-refractivity contribution in [2.24, 2.45) is 0 Å². The predicted molar refractivity (Wildman–Crippen MR) is 70.8 cm³/mol. The molecule has 0 spiro atoms.